The topological polar surface area (TPSA) is 99.4 Å². The van der Waals surface area contributed by atoms with Crippen molar-refractivity contribution >= 4 is 17.6 Å². The molecule has 1 aromatic heterocycles. The quantitative estimate of drug-likeness (QED) is 0.768. The van der Waals surface area contributed by atoms with Crippen molar-refractivity contribution in [1.82, 2.24) is 15.1 Å². The van der Waals surface area contributed by atoms with E-state index in [1.807, 2.05) is 13.0 Å². The average Bonchev–Trinajstić information content (AvgIpc) is 3.15. The average molecular weight is 372 g/mol. The molecule has 0 bridgehead atoms. The second kappa shape index (κ2) is 6.37. The SMILES string of the molecule is CC(Nc1ccc(F)c(C2(C)N=C(N)N(C)C(=O)C2(C)C)c1)c1ccn[nH]1. The smallest absolute Gasteiger partial charge is 0.237 e. The third-order valence-corrected chi connectivity index (χ3v) is 5.60. The molecule has 1 aromatic carbocycles. The van der Waals surface area contributed by atoms with E-state index in [2.05, 4.69) is 20.5 Å². The molecule has 2 aromatic rings. The minimum absolute atomic E-state index is 0.0562. The van der Waals surface area contributed by atoms with Crippen LogP contribution in [0.25, 0.3) is 0 Å². The van der Waals surface area contributed by atoms with Crippen LogP contribution < -0.4 is 11.1 Å². The predicted octanol–water partition coefficient (Wildman–Crippen LogP) is 2.75. The zero-order valence-corrected chi connectivity index (χ0v) is 16.2. The van der Waals surface area contributed by atoms with Crippen molar-refractivity contribution in [3.05, 3.63) is 47.5 Å². The third kappa shape index (κ3) is 2.94. The molecule has 1 amide bonds. The first-order valence-corrected chi connectivity index (χ1v) is 8.77. The lowest BCUT2D eigenvalue weighted by Gasteiger charge is -2.46. The maximum atomic E-state index is 14.8. The summed E-state index contributed by atoms with van der Waals surface area (Å²) in [5.74, 6) is -0.564. The molecule has 1 aliphatic rings. The Morgan fingerprint density at radius 2 is 2.00 bits per heavy atom. The number of guanidine groups is 1. The lowest BCUT2D eigenvalue weighted by Crippen LogP contribution is -2.58. The number of carbonyl (C=O) groups excluding carboxylic acids is 1. The van der Waals surface area contributed by atoms with Crippen LogP contribution in [-0.4, -0.2) is 34.0 Å². The molecule has 0 radical (unpaired) electrons. The van der Waals surface area contributed by atoms with Crippen molar-refractivity contribution in [2.75, 3.05) is 12.4 Å². The van der Waals surface area contributed by atoms with Gasteiger partial charge in [0, 0.05) is 24.5 Å². The number of aliphatic imine (C=N–C) groups is 1. The number of nitrogens with two attached hydrogens (primary N) is 1. The molecule has 2 unspecified atom stereocenters. The van der Waals surface area contributed by atoms with Crippen molar-refractivity contribution in [2.24, 2.45) is 16.1 Å². The van der Waals surface area contributed by atoms with Crippen molar-refractivity contribution in [1.29, 1.82) is 0 Å². The van der Waals surface area contributed by atoms with Gasteiger partial charge in [0.1, 0.15) is 11.4 Å². The summed E-state index contributed by atoms with van der Waals surface area (Å²) in [6.45, 7) is 7.23. The summed E-state index contributed by atoms with van der Waals surface area (Å²) in [4.78, 5) is 18.6. The number of hydrogen-bond acceptors (Lipinski definition) is 5. The Labute approximate surface area is 157 Å². The number of benzene rings is 1. The van der Waals surface area contributed by atoms with Crippen molar-refractivity contribution in [2.45, 2.75) is 39.3 Å². The largest absolute Gasteiger partial charge is 0.377 e. The molecule has 0 aliphatic carbocycles. The number of aromatic amines is 1. The maximum absolute atomic E-state index is 14.8. The van der Waals surface area contributed by atoms with Gasteiger partial charge in [-0.05, 0) is 52.0 Å². The lowest BCUT2D eigenvalue weighted by atomic mass is 9.67. The molecular formula is C19H25FN6O. The van der Waals surface area contributed by atoms with Gasteiger partial charge in [0.2, 0.25) is 5.91 Å². The first-order valence-electron chi connectivity index (χ1n) is 8.77. The van der Waals surface area contributed by atoms with E-state index in [1.54, 1.807) is 46.1 Å². The summed E-state index contributed by atoms with van der Waals surface area (Å²) in [5, 5.41) is 10.2. The molecule has 0 fully saturated rings. The fourth-order valence-electron chi connectivity index (χ4n) is 3.40. The van der Waals surface area contributed by atoms with Gasteiger partial charge in [-0.2, -0.15) is 5.10 Å². The van der Waals surface area contributed by atoms with Crippen LogP contribution in [0.2, 0.25) is 0 Å². The Balaban J connectivity index is 2.04. The minimum Gasteiger partial charge on any atom is -0.377 e. The van der Waals surface area contributed by atoms with E-state index in [4.69, 9.17) is 5.73 Å². The van der Waals surface area contributed by atoms with E-state index in [0.29, 0.717) is 11.3 Å². The fraction of sp³-hybridized carbons (Fsp3) is 0.421. The Kier molecular flexibility index (Phi) is 4.45. The highest BCUT2D eigenvalue weighted by Crippen LogP contribution is 2.47. The van der Waals surface area contributed by atoms with Crippen LogP contribution in [0.3, 0.4) is 0 Å². The number of H-pyrrole nitrogens is 1. The molecule has 0 saturated carbocycles. The van der Waals surface area contributed by atoms with E-state index < -0.39 is 16.8 Å². The zero-order valence-electron chi connectivity index (χ0n) is 16.2. The predicted molar refractivity (Wildman–Crippen MR) is 103 cm³/mol. The van der Waals surface area contributed by atoms with E-state index in [-0.39, 0.29) is 17.9 Å². The summed E-state index contributed by atoms with van der Waals surface area (Å²) in [7, 11) is 1.57. The van der Waals surface area contributed by atoms with Crippen LogP contribution in [0.4, 0.5) is 10.1 Å². The number of aromatic nitrogens is 2. The lowest BCUT2D eigenvalue weighted by molar-refractivity contribution is -0.140. The summed E-state index contributed by atoms with van der Waals surface area (Å²) in [6.07, 6.45) is 1.68. The molecule has 7 nitrogen and oxygen atoms in total. The molecule has 27 heavy (non-hydrogen) atoms. The van der Waals surface area contributed by atoms with Crippen LogP contribution in [0.15, 0.2) is 35.5 Å². The maximum Gasteiger partial charge on any atom is 0.237 e. The van der Waals surface area contributed by atoms with E-state index >= 15 is 0 Å². The highest BCUT2D eigenvalue weighted by molar-refractivity contribution is 6.01. The minimum atomic E-state index is -1.14. The Morgan fingerprint density at radius 1 is 1.30 bits per heavy atom. The number of rotatable bonds is 4. The summed E-state index contributed by atoms with van der Waals surface area (Å²) in [5.41, 5.74) is 5.77. The molecule has 4 N–H and O–H groups in total. The Morgan fingerprint density at radius 3 is 2.63 bits per heavy atom. The van der Waals surface area contributed by atoms with E-state index in [1.165, 1.54) is 11.0 Å². The fourth-order valence-corrected chi connectivity index (χ4v) is 3.40. The van der Waals surface area contributed by atoms with Gasteiger partial charge in [0.05, 0.1) is 17.2 Å². The molecular weight excluding hydrogens is 347 g/mol. The second-order valence-electron chi connectivity index (χ2n) is 7.60. The number of nitrogens with zero attached hydrogens (tertiary/aromatic N) is 3. The number of nitrogens with one attached hydrogen (secondary N) is 2. The van der Waals surface area contributed by atoms with E-state index in [9.17, 15) is 9.18 Å². The summed E-state index contributed by atoms with van der Waals surface area (Å²) >= 11 is 0. The molecule has 0 saturated heterocycles. The number of anilines is 1. The van der Waals surface area contributed by atoms with Gasteiger partial charge in [0.15, 0.2) is 5.96 Å². The van der Waals surface area contributed by atoms with Crippen LogP contribution in [0.1, 0.15) is 45.0 Å². The van der Waals surface area contributed by atoms with Gasteiger partial charge in [-0.1, -0.05) is 0 Å². The Hall–Kier alpha value is -2.90. The number of hydrogen-bond donors (Lipinski definition) is 3. The molecule has 144 valence electrons. The standard InChI is InChI=1S/C19H25FN6O/c1-11(15-8-9-22-25-15)23-12-6-7-14(20)13(10-12)19(4)18(2,3)16(27)26(5)17(21)24-19/h6-11,23H,1-5H3,(H2,21,24)(H,22,25). The van der Waals surface area contributed by atoms with Crippen LogP contribution in [-0.2, 0) is 10.3 Å². The van der Waals surface area contributed by atoms with Gasteiger partial charge in [-0.25, -0.2) is 9.38 Å². The molecule has 3 rings (SSSR count). The van der Waals surface area contributed by atoms with Crippen molar-refractivity contribution in [3.63, 3.8) is 0 Å². The van der Waals surface area contributed by atoms with E-state index in [0.717, 1.165) is 5.69 Å². The molecule has 2 heterocycles. The molecule has 2 atom stereocenters. The van der Waals surface area contributed by atoms with Crippen molar-refractivity contribution < 1.29 is 9.18 Å². The number of amides is 1. The first kappa shape index (κ1) is 18.9. The Bertz CT molecular complexity index is 892. The molecule has 1 aliphatic heterocycles. The van der Waals surface area contributed by atoms with Gasteiger partial charge < -0.3 is 11.1 Å². The number of carbonyl (C=O) groups is 1. The van der Waals surface area contributed by atoms with Gasteiger partial charge in [-0.3, -0.25) is 14.8 Å². The second-order valence-corrected chi connectivity index (χ2v) is 7.60. The van der Waals surface area contributed by atoms with Crippen LogP contribution in [0.5, 0.6) is 0 Å². The van der Waals surface area contributed by atoms with Gasteiger partial charge in [-0.15, -0.1) is 0 Å². The molecule has 8 heteroatoms. The van der Waals surface area contributed by atoms with Gasteiger partial charge >= 0.3 is 0 Å². The third-order valence-electron chi connectivity index (χ3n) is 5.60. The van der Waals surface area contributed by atoms with Gasteiger partial charge in [0.25, 0.3) is 0 Å². The normalized spacial score (nSPS) is 23.1. The number of halogens is 1. The first-order chi connectivity index (χ1) is 12.6. The van der Waals surface area contributed by atoms with Crippen molar-refractivity contribution in [3.8, 4) is 0 Å². The summed E-state index contributed by atoms with van der Waals surface area (Å²) < 4.78 is 14.8. The van der Waals surface area contributed by atoms with Crippen LogP contribution >= 0.6 is 0 Å². The molecule has 0 spiro atoms. The summed E-state index contributed by atoms with van der Waals surface area (Å²) in [6, 6.07) is 6.55. The highest BCUT2D eigenvalue weighted by Gasteiger charge is 2.53. The monoisotopic (exact) mass is 372 g/mol. The highest BCUT2D eigenvalue weighted by atomic mass is 19.1. The zero-order chi connectivity index (χ0) is 20.0. The van der Waals surface area contributed by atoms with Crippen LogP contribution in [0, 0.1) is 11.2 Å².